The van der Waals surface area contributed by atoms with Gasteiger partial charge in [-0.1, -0.05) is 29.5 Å². The number of anilines is 1. The molecule has 1 saturated heterocycles. The predicted molar refractivity (Wildman–Crippen MR) is 128 cm³/mol. The molecule has 0 radical (unpaired) electrons. The topological polar surface area (TPSA) is 88.8 Å². The summed E-state index contributed by atoms with van der Waals surface area (Å²) >= 11 is 2.24. The van der Waals surface area contributed by atoms with Crippen molar-refractivity contribution in [2.24, 2.45) is 0 Å². The molecule has 0 atom stereocenters. The fourth-order valence-corrected chi connectivity index (χ4v) is 4.57. The molecule has 3 amide bonds. The summed E-state index contributed by atoms with van der Waals surface area (Å²) < 4.78 is 10.9. The Labute approximate surface area is 199 Å². The van der Waals surface area contributed by atoms with E-state index >= 15 is 0 Å². The van der Waals surface area contributed by atoms with Gasteiger partial charge in [0.05, 0.1) is 12.0 Å². The van der Waals surface area contributed by atoms with E-state index in [1.807, 2.05) is 37.3 Å². The first kappa shape index (κ1) is 22.8. The number of rotatable bonds is 7. The number of hydrogen-bond donors (Lipinski definition) is 1. The SMILES string of the molecule is COc1ccc(NC(=O)CN2C(=O)S/C(=C\c3ccc(Sc4ccc(C)cc4)o3)C2=O)cc1. The first-order valence-corrected chi connectivity index (χ1v) is 11.6. The molecule has 2 heterocycles. The van der Waals surface area contributed by atoms with Crippen LogP contribution in [0.1, 0.15) is 11.3 Å². The number of carbonyl (C=O) groups is 3. The van der Waals surface area contributed by atoms with Gasteiger partial charge in [0.25, 0.3) is 11.1 Å². The largest absolute Gasteiger partial charge is 0.497 e. The van der Waals surface area contributed by atoms with E-state index in [-0.39, 0.29) is 11.4 Å². The molecular weight excluding hydrogens is 460 g/mol. The van der Waals surface area contributed by atoms with E-state index in [4.69, 9.17) is 9.15 Å². The third kappa shape index (κ3) is 5.68. The van der Waals surface area contributed by atoms with Crippen molar-refractivity contribution in [3.05, 3.63) is 76.9 Å². The summed E-state index contributed by atoms with van der Waals surface area (Å²) in [4.78, 5) is 39.5. The molecule has 1 fully saturated rings. The molecule has 1 aliphatic rings. The number of benzene rings is 2. The van der Waals surface area contributed by atoms with Gasteiger partial charge in [-0.2, -0.15) is 0 Å². The minimum atomic E-state index is -0.529. The molecule has 1 aromatic heterocycles. The number of carbonyl (C=O) groups excluding carboxylic acids is 3. The Kier molecular flexibility index (Phi) is 6.90. The lowest BCUT2D eigenvalue weighted by molar-refractivity contribution is -0.127. The molecule has 0 aliphatic carbocycles. The number of thioether (sulfide) groups is 1. The van der Waals surface area contributed by atoms with Crippen LogP contribution in [0.25, 0.3) is 6.08 Å². The van der Waals surface area contributed by atoms with Gasteiger partial charge in [0, 0.05) is 16.7 Å². The molecule has 33 heavy (non-hydrogen) atoms. The number of nitrogens with zero attached hydrogens (tertiary/aromatic N) is 1. The molecule has 4 rings (SSSR count). The molecule has 2 aromatic carbocycles. The van der Waals surface area contributed by atoms with Gasteiger partial charge in [0.1, 0.15) is 18.1 Å². The predicted octanol–water partition coefficient (Wildman–Crippen LogP) is 5.42. The van der Waals surface area contributed by atoms with Crippen molar-refractivity contribution < 1.29 is 23.5 Å². The summed E-state index contributed by atoms with van der Waals surface area (Å²) in [7, 11) is 1.55. The summed E-state index contributed by atoms with van der Waals surface area (Å²) in [6.45, 7) is 1.65. The Morgan fingerprint density at radius 1 is 1.09 bits per heavy atom. The van der Waals surface area contributed by atoms with Crippen LogP contribution in [0.15, 0.2) is 80.0 Å². The highest BCUT2D eigenvalue weighted by molar-refractivity contribution is 8.18. The van der Waals surface area contributed by atoms with Crippen molar-refractivity contribution in [3.63, 3.8) is 0 Å². The molecule has 0 unspecified atom stereocenters. The highest BCUT2D eigenvalue weighted by Gasteiger charge is 2.36. The fraction of sp³-hybridized carbons (Fsp3) is 0.125. The Morgan fingerprint density at radius 2 is 1.82 bits per heavy atom. The van der Waals surface area contributed by atoms with Gasteiger partial charge >= 0.3 is 0 Å². The minimum Gasteiger partial charge on any atom is -0.497 e. The number of imide groups is 1. The van der Waals surface area contributed by atoms with Crippen LogP contribution in [0.3, 0.4) is 0 Å². The summed E-state index contributed by atoms with van der Waals surface area (Å²) in [5.74, 6) is 0.109. The maximum atomic E-state index is 12.7. The maximum absolute atomic E-state index is 12.7. The fourth-order valence-electron chi connectivity index (χ4n) is 2.97. The van der Waals surface area contributed by atoms with Crippen molar-refractivity contribution in [1.82, 2.24) is 4.90 Å². The quantitative estimate of drug-likeness (QED) is 0.452. The number of methoxy groups -OCH3 is 1. The smallest absolute Gasteiger partial charge is 0.294 e. The van der Waals surface area contributed by atoms with Crippen LogP contribution in [-0.2, 0) is 9.59 Å². The highest BCUT2D eigenvalue weighted by Crippen LogP contribution is 2.34. The minimum absolute atomic E-state index is 0.207. The van der Waals surface area contributed by atoms with E-state index in [0.717, 1.165) is 21.6 Å². The molecule has 3 aromatic rings. The summed E-state index contributed by atoms with van der Waals surface area (Å²) in [5.41, 5.74) is 1.71. The molecule has 168 valence electrons. The van der Waals surface area contributed by atoms with E-state index in [0.29, 0.717) is 22.3 Å². The van der Waals surface area contributed by atoms with Crippen molar-refractivity contribution in [3.8, 4) is 5.75 Å². The number of ether oxygens (including phenoxy) is 1. The van der Waals surface area contributed by atoms with Crippen LogP contribution < -0.4 is 10.1 Å². The molecule has 7 nitrogen and oxygen atoms in total. The Balaban J connectivity index is 1.38. The van der Waals surface area contributed by atoms with E-state index in [9.17, 15) is 14.4 Å². The average molecular weight is 481 g/mol. The molecule has 0 saturated carbocycles. The van der Waals surface area contributed by atoms with Crippen molar-refractivity contribution in [2.45, 2.75) is 16.9 Å². The first-order valence-electron chi connectivity index (χ1n) is 9.95. The molecule has 1 N–H and O–H groups in total. The summed E-state index contributed by atoms with van der Waals surface area (Å²) in [5, 5.41) is 2.83. The van der Waals surface area contributed by atoms with Gasteiger partial charge in [-0.15, -0.1) is 0 Å². The van der Waals surface area contributed by atoms with Gasteiger partial charge in [-0.3, -0.25) is 19.3 Å². The van der Waals surface area contributed by atoms with Gasteiger partial charge in [0.2, 0.25) is 5.91 Å². The number of amides is 3. The van der Waals surface area contributed by atoms with Crippen molar-refractivity contribution in [2.75, 3.05) is 19.0 Å². The summed E-state index contributed by atoms with van der Waals surface area (Å²) in [6, 6.07) is 18.3. The van der Waals surface area contributed by atoms with Gasteiger partial charge in [-0.05, 0) is 67.2 Å². The van der Waals surface area contributed by atoms with Crippen LogP contribution >= 0.6 is 23.5 Å². The van der Waals surface area contributed by atoms with Crippen LogP contribution in [-0.4, -0.2) is 35.6 Å². The van der Waals surface area contributed by atoms with Crippen LogP contribution in [0.2, 0.25) is 0 Å². The zero-order valence-corrected chi connectivity index (χ0v) is 19.5. The second kappa shape index (κ2) is 10.0. The molecule has 0 spiro atoms. The second-order valence-corrected chi connectivity index (χ2v) is 9.19. The average Bonchev–Trinajstić information content (AvgIpc) is 3.35. The second-order valence-electron chi connectivity index (χ2n) is 7.12. The van der Waals surface area contributed by atoms with E-state index < -0.39 is 17.1 Å². The highest BCUT2D eigenvalue weighted by atomic mass is 32.2. The molecule has 1 aliphatic heterocycles. The molecule has 0 bridgehead atoms. The van der Waals surface area contributed by atoms with Crippen molar-refractivity contribution in [1.29, 1.82) is 0 Å². The Bertz CT molecular complexity index is 1220. The standard InChI is InChI=1S/C24H20N2O5S2/c1-15-3-10-19(11-4-15)32-22-12-9-18(31-22)13-20-23(28)26(24(29)33-20)14-21(27)25-16-5-7-17(30-2)8-6-16/h3-13H,14H2,1-2H3,(H,25,27)/b20-13-. The Morgan fingerprint density at radius 3 is 2.52 bits per heavy atom. The summed E-state index contributed by atoms with van der Waals surface area (Å²) in [6.07, 6.45) is 1.52. The molecular formula is C24H20N2O5S2. The Hall–Kier alpha value is -3.43. The monoisotopic (exact) mass is 480 g/mol. The van der Waals surface area contributed by atoms with Gasteiger partial charge in [-0.25, -0.2) is 0 Å². The van der Waals surface area contributed by atoms with Crippen molar-refractivity contribution >= 4 is 52.3 Å². The number of hydrogen-bond acceptors (Lipinski definition) is 7. The number of nitrogens with one attached hydrogen (secondary N) is 1. The first-order chi connectivity index (χ1) is 15.9. The normalized spacial score (nSPS) is 14.7. The van der Waals surface area contributed by atoms with Gasteiger partial charge < -0.3 is 14.5 Å². The van der Waals surface area contributed by atoms with E-state index in [2.05, 4.69) is 5.32 Å². The number of aryl methyl sites for hydroxylation is 1. The van der Waals surface area contributed by atoms with Crippen LogP contribution in [0.4, 0.5) is 10.5 Å². The maximum Gasteiger partial charge on any atom is 0.294 e. The lowest BCUT2D eigenvalue weighted by Gasteiger charge is -2.12. The zero-order valence-electron chi connectivity index (χ0n) is 17.9. The van der Waals surface area contributed by atoms with E-state index in [1.54, 1.807) is 37.4 Å². The third-order valence-electron chi connectivity index (χ3n) is 4.66. The van der Waals surface area contributed by atoms with Crippen LogP contribution in [0.5, 0.6) is 5.75 Å². The third-order valence-corrected chi connectivity index (χ3v) is 6.50. The lowest BCUT2D eigenvalue weighted by atomic mass is 10.2. The van der Waals surface area contributed by atoms with Crippen LogP contribution in [0, 0.1) is 6.92 Å². The zero-order chi connectivity index (χ0) is 23.4. The lowest BCUT2D eigenvalue weighted by Crippen LogP contribution is -2.36. The van der Waals surface area contributed by atoms with E-state index in [1.165, 1.54) is 23.4 Å². The van der Waals surface area contributed by atoms with Gasteiger partial charge in [0.15, 0.2) is 5.09 Å². The number of furan rings is 1. The molecule has 9 heteroatoms.